The molecule has 0 saturated heterocycles. The van der Waals surface area contributed by atoms with Crippen molar-refractivity contribution in [2.45, 2.75) is 53.6 Å². The monoisotopic (exact) mass is 221 g/mol. The summed E-state index contributed by atoms with van der Waals surface area (Å²) in [5, 5.41) is 3.35. The van der Waals surface area contributed by atoms with Crippen molar-refractivity contribution in [3.63, 3.8) is 0 Å². The van der Waals surface area contributed by atoms with Crippen LogP contribution in [-0.2, 0) is 13.0 Å². The quantitative estimate of drug-likeness (QED) is 0.849. The molecule has 90 valence electrons. The summed E-state index contributed by atoms with van der Waals surface area (Å²) < 4.78 is 0. The van der Waals surface area contributed by atoms with Crippen molar-refractivity contribution < 1.29 is 0 Å². The highest BCUT2D eigenvalue weighted by atomic mass is 14.9. The van der Waals surface area contributed by atoms with Gasteiger partial charge in [0.2, 0.25) is 0 Å². The van der Waals surface area contributed by atoms with Crippen molar-refractivity contribution in [2.75, 3.05) is 0 Å². The second-order valence-corrected chi connectivity index (χ2v) is 5.78. The van der Waals surface area contributed by atoms with Gasteiger partial charge >= 0.3 is 0 Å². The average molecular weight is 221 g/mol. The highest BCUT2D eigenvalue weighted by Crippen LogP contribution is 2.17. The normalized spacial score (nSPS) is 12.1. The first-order valence-electron chi connectivity index (χ1n) is 5.90. The second-order valence-electron chi connectivity index (χ2n) is 5.78. The molecular weight excluding hydrogens is 198 g/mol. The molecule has 0 aliphatic carbocycles. The maximum Gasteiger partial charge on any atom is 0.128 e. The SMILES string of the molecule is CC(C)NCc1cnc(CC(C)(C)C)nc1. The third-order valence-electron chi connectivity index (χ3n) is 2.16. The van der Waals surface area contributed by atoms with E-state index >= 15 is 0 Å². The predicted octanol–water partition coefficient (Wildman–Crippen LogP) is 2.56. The van der Waals surface area contributed by atoms with Crippen molar-refractivity contribution in [1.82, 2.24) is 15.3 Å². The van der Waals surface area contributed by atoms with E-state index in [9.17, 15) is 0 Å². The highest BCUT2D eigenvalue weighted by molar-refractivity contribution is 5.05. The molecule has 0 aliphatic heterocycles. The van der Waals surface area contributed by atoms with E-state index in [4.69, 9.17) is 0 Å². The number of nitrogens with zero attached hydrogens (tertiary/aromatic N) is 2. The van der Waals surface area contributed by atoms with E-state index in [0.29, 0.717) is 6.04 Å². The smallest absolute Gasteiger partial charge is 0.128 e. The zero-order chi connectivity index (χ0) is 12.2. The van der Waals surface area contributed by atoms with Gasteiger partial charge in [-0.05, 0) is 5.41 Å². The lowest BCUT2D eigenvalue weighted by atomic mass is 9.92. The molecule has 1 rings (SSSR count). The zero-order valence-corrected chi connectivity index (χ0v) is 11.0. The van der Waals surface area contributed by atoms with Gasteiger partial charge in [-0.25, -0.2) is 9.97 Å². The summed E-state index contributed by atoms with van der Waals surface area (Å²) in [6.45, 7) is 11.7. The van der Waals surface area contributed by atoms with Crippen LogP contribution in [-0.4, -0.2) is 16.0 Å². The molecule has 3 heteroatoms. The lowest BCUT2D eigenvalue weighted by Crippen LogP contribution is -2.22. The minimum Gasteiger partial charge on any atom is -0.310 e. The van der Waals surface area contributed by atoms with Gasteiger partial charge in [-0.2, -0.15) is 0 Å². The van der Waals surface area contributed by atoms with E-state index in [0.717, 1.165) is 24.4 Å². The Hall–Kier alpha value is -0.960. The maximum atomic E-state index is 4.39. The summed E-state index contributed by atoms with van der Waals surface area (Å²) in [5.74, 6) is 0.931. The van der Waals surface area contributed by atoms with Crippen molar-refractivity contribution in [2.24, 2.45) is 5.41 Å². The fourth-order valence-electron chi connectivity index (χ4n) is 1.36. The fraction of sp³-hybridized carbons (Fsp3) is 0.692. The van der Waals surface area contributed by atoms with E-state index in [-0.39, 0.29) is 5.41 Å². The van der Waals surface area contributed by atoms with E-state index in [2.05, 4.69) is 49.9 Å². The van der Waals surface area contributed by atoms with Gasteiger partial charge in [0.25, 0.3) is 0 Å². The Balaban J connectivity index is 2.54. The van der Waals surface area contributed by atoms with E-state index in [1.165, 1.54) is 0 Å². The molecule has 0 amide bonds. The lowest BCUT2D eigenvalue weighted by Gasteiger charge is -2.16. The van der Waals surface area contributed by atoms with Crippen LogP contribution in [0.5, 0.6) is 0 Å². The van der Waals surface area contributed by atoms with Crippen LogP contribution in [0.15, 0.2) is 12.4 Å². The van der Waals surface area contributed by atoms with Crippen molar-refractivity contribution in [3.8, 4) is 0 Å². The maximum absolute atomic E-state index is 4.39. The number of hydrogen-bond donors (Lipinski definition) is 1. The van der Waals surface area contributed by atoms with Crippen LogP contribution in [0.3, 0.4) is 0 Å². The summed E-state index contributed by atoms with van der Waals surface area (Å²) in [4.78, 5) is 8.78. The Bertz CT molecular complexity index is 309. The first-order valence-corrected chi connectivity index (χ1v) is 5.90. The predicted molar refractivity (Wildman–Crippen MR) is 67.2 cm³/mol. The van der Waals surface area contributed by atoms with Crippen molar-refractivity contribution >= 4 is 0 Å². The van der Waals surface area contributed by atoms with E-state index in [1.807, 2.05) is 12.4 Å². The van der Waals surface area contributed by atoms with Crippen molar-refractivity contribution in [3.05, 3.63) is 23.8 Å². The molecule has 0 bridgehead atoms. The molecule has 1 aromatic rings. The van der Waals surface area contributed by atoms with Crippen LogP contribution < -0.4 is 5.32 Å². The average Bonchev–Trinajstić information content (AvgIpc) is 2.14. The molecule has 1 aromatic heterocycles. The van der Waals surface area contributed by atoms with E-state index < -0.39 is 0 Å². The van der Waals surface area contributed by atoms with Gasteiger partial charge < -0.3 is 5.32 Å². The zero-order valence-electron chi connectivity index (χ0n) is 11.0. The summed E-state index contributed by atoms with van der Waals surface area (Å²) in [7, 11) is 0. The number of hydrogen-bond acceptors (Lipinski definition) is 3. The van der Waals surface area contributed by atoms with Gasteiger partial charge in [0.1, 0.15) is 5.82 Å². The summed E-state index contributed by atoms with van der Waals surface area (Å²) in [6.07, 6.45) is 4.76. The molecule has 16 heavy (non-hydrogen) atoms. The molecule has 0 radical (unpaired) electrons. The first kappa shape index (κ1) is 13.1. The van der Waals surface area contributed by atoms with Crippen LogP contribution in [0.1, 0.15) is 46.0 Å². The third-order valence-corrected chi connectivity index (χ3v) is 2.16. The van der Waals surface area contributed by atoms with Crippen LogP contribution in [0.2, 0.25) is 0 Å². The third kappa shape index (κ3) is 5.21. The molecule has 0 aromatic carbocycles. The Morgan fingerprint density at radius 3 is 2.19 bits per heavy atom. The lowest BCUT2D eigenvalue weighted by molar-refractivity contribution is 0.400. The molecular formula is C13H23N3. The molecule has 3 nitrogen and oxygen atoms in total. The first-order chi connectivity index (χ1) is 7.37. The topological polar surface area (TPSA) is 37.8 Å². The minimum absolute atomic E-state index is 0.248. The van der Waals surface area contributed by atoms with Crippen LogP contribution in [0.4, 0.5) is 0 Å². The van der Waals surface area contributed by atoms with Crippen LogP contribution in [0, 0.1) is 5.41 Å². The highest BCUT2D eigenvalue weighted by Gasteiger charge is 2.12. The Morgan fingerprint density at radius 2 is 1.75 bits per heavy atom. The van der Waals surface area contributed by atoms with Crippen LogP contribution >= 0.6 is 0 Å². The molecule has 1 heterocycles. The van der Waals surface area contributed by atoms with Crippen LogP contribution in [0.25, 0.3) is 0 Å². The largest absolute Gasteiger partial charge is 0.310 e. The molecule has 0 unspecified atom stereocenters. The van der Waals surface area contributed by atoms with Gasteiger partial charge in [-0.1, -0.05) is 34.6 Å². The summed E-state index contributed by atoms with van der Waals surface area (Å²) in [5.41, 5.74) is 1.39. The minimum atomic E-state index is 0.248. The van der Waals surface area contributed by atoms with Gasteiger partial charge in [0.15, 0.2) is 0 Å². The molecule has 1 N–H and O–H groups in total. The summed E-state index contributed by atoms with van der Waals surface area (Å²) in [6, 6.07) is 0.495. The number of rotatable bonds is 4. The van der Waals surface area contributed by atoms with Crippen molar-refractivity contribution in [1.29, 1.82) is 0 Å². The number of nitrogens with one attached hydrogen (secondary N) is 1. The molecule has 0 saturated carbocycles. The molecule has 0 fully saturated rings. The fourth-order valence-corrected chi connectivity index (χ4v) is 1.36. The molecule has 0 spiro atoms. The number of aromatic nitrogens is 2. The van der Waals surface area contributed by atoms with Gasteiger partial charge in [0.05, 0.1) is 0 Å². The van der Waals surface area contributed by atoms with Gasteiger partial charge in [-0.15, -0.1) is 0 Å². The summed E-state index contributed by atoms with van der Waals surface area (Å²) >= 11 is 0. The van der Waals surface area contributed by atoms with E-state index in [1.54, 1.807) is 0 Å². The molecule has 0 aliphatic rings. The Morgan fingerprint density at radius 1 is 1.19 bits per heavy atom. The van der Waals surface area contributed by atoms with Gasteiger partial charge in [-0.3, -0.25) is 0 Å². The molecule has 0 atom stereocenters. The van der Waals surface area contributed by atoms with Gasteiger partial charge in [0, 0.05) is 37.0 Å². The second kappa shape index (κ2) is 5.39. The Labute approximate surface area is 98.7 Å². The standard InChI is InChI=1S/C13H23N3/c1-10(2)14-7-11-8-15-12(16-9-11)6-13(3,4)5/h8-10,14H,6-7H2,1-5H3. The Kier molecular flexibility index (Phi) is 4.42.